The van der Waals surface area contributed by atoms with Crippen LogP contribution in [0.3, 0.4) is 0 Å². The first kappa shape index (κ1) is 17.3. The largest absolute Gasteiger partial charge is 0.331 e. The normalized spacial score (nSPS) is 10.4. The van der Waals surface area contributed by atoms with Crippen LogP contribution < -0.4 is 5.32 Å². The van der Waals surface area contributed by atoms with Gasteiger partial charge in [0.1, 0.15) is 0 Å². The third kappa shape index (κ3) is 3.94. The third-order valence-electron chi connectivity index (χ3n) is 3.76. The van der Waals surface area contributed by atoms with Gasteiger partial charge < -0.3 is 10.2 Å². The first-order chi connectivity index (χ1) is 12.5. The van der Waals surface area contributed by atoms with Gasteiger partial charge in [0.25, 0.3) is 5.91 Å². The maximum Gasteiger partial charge on any atom is 0.276 e. The van der Waals surface area contributed by atoms with Crippen LogP contribution in [-0.2, 0) is 4.79 Å². The van der Waals surface area contributed by atoms with E-state index in [9.17, 15) is 9.59 Å². The second-order valence-electron chi connectivity index (χ2n) is 5.83. The van der Waals surface area contributed by atoms with Crippen LogP contribution in [0.5, 0.6) is 0 Å². The van der Waals surface area contributed by atoms with Gasteiger partial charge in [0.2, 0.25) is 5.91 Å². The minimum atomic E-state index is -0.354. The molecular weight excluding hydrogens is 330 g/mol. The second kappa shape index (κ2) is 7.60. The van der Waals surface area contributed by atoms with Crippen LogP contribution in [-0.4, -0.2) is 45.3 Å². The fourth-order valence-electron chi connectivity index (χ4n) is 2.44. The Balaban J connectivity index is 1.69. The smallest absolute Gasteiger partial charge is 0.276 e. The van der Waals surface area contributed by atoms with E-state index < -0.39 is 0 Å². The van der Waals surface area contributed by atoms with Crippen LogP contribution in [0.15, 0.2) is 60.7 Å². The first-order valence-corrected chi connectivity index (χ1v) is 8.14. The van der Waals surface area contributed by atoms with Gasteiger partial charge in [-0.2, -0.15) is 9.90 Å². The number of benzene rings is 2. The zero-order valence-corrected chi connectivity index (χ0v) is 14.6. The Bertz CT molecular complexity index is 906. The van der Waals surface area contributed by atoms with E-state index in [1.807, 2.05) is 48.5 Å². The average Bonchev–Trinajstić information content (AvgIpc) is 3.04. The lowest BCUT2D eigenvalue weighted by molar-refractivity contribution is -0.116. The van der Waals surface area contributed by atoms with E-state index in [0.29, 0.717) is 11.4 Å². The number of para-hydroxylation sites is 2. The molecule has 0 unspecified atom stereocenters. The highest BCUT2D eigenvalue weighted by Crippen LogP contribution is 2.10. The van der Waals surface area contributed by atoms with E-state index >= 15 is 0 Å². The highest BCUT2D eigenvalue weighted by atomic mass is 16.2. The maximum absolute atomic E-state index is 12.6. The summed E-state index contributed by atoms with van der Waals surface area (Å²) in [7, 11) is 1.56. The molecule has 0 fully saturated rings. The van der Waals surface area contributed by atoms with Gasteiger partial charge in [-0.05, 0) is 31.2 Å². The molecule has 3 rings (SSSR count). The summed E-state index contributed by atoms with van der Waals surface area (Å²) in [5.74, 6) is -0.631. The lowest BCUT2D eigenvalue weighted by atomic mass is 10.3. The predicted octanol–water partition coefficient (Wildman–Crippen LogP) is 2.29. The molecule has 0 spiro atoms. The van der Waals surface area contributed by atoms with E-state index in [-0.39, 0.29) is 24.1 Å². The molecule has 0 radical (unpaired) electrons. The molecule has 0 aliphatic carbocycles. The van der Waals surface area contributed by atoms with Crippen molar-refractivity contribution < 1.29 is 9.59 Å². The summed E-state index contributed by atoms with van der Waals surface area (Å²) >= 11 is 0. The number of rotatable bonds is 5. The van der Waals surface area contributed by atoms with Gasteiger partial charge in [0.15, 0.2) is 5.69 Å². The number of aromatic nitrogens is 3. The summed E-state index contributed by atoms with van der Waals surface area (Å²) in [6, 6.07) is 18.4. The molecule has 2 aromatic carbocycles. The summed E-state index contributed by atoms with van der Waals surface area (Å²) in [5, 5.41) is 11.3. The molecule has 0 atom stereocenters. The van der Waals surface area contributed by atoms with Crippen LogP contribution in [0.4, 0.5) is 5.69 Å². The van der Waals surface area contributed by atoms with Crippen LogP contribution >= 0.6 is 0 Å². The number of nitrogens with zero attached hydrogens (tertiary/aromatic N) is 4. The molecule has 0 aliphatic rings. The molecular formula is C19H19N5O2. The summed E-state index contributed by atoms with van der Waals surface area (Å²) in [4.78, 5) is 27.5. The van der Waals surface area contributed by atoms with Crippen molar-refractivity contribution in [1.29, 1.82) is 0 Å². The minimum Gasteiger partial charge on any atom is -0.331 e. The van der Waals surface area contributed by atoms with Crippen molar-refractivity contribution in [3.05, 3.63) is 72.1 Å². The molecule has 0 saturated carbocycles. The van der Waals surface area contributed by atoms with Crippen molar-refractivity contribution in [3.8, 4) is 5.69 Å². The summed E-state index contributed by atoms with van der Waals surface area (Å²) < 4.78 is 0. The van der Waals surface area contributed by atoms with Crippen molar-refractivity contribution in [2.45, 2.75) is 6.92 Å². The van der Waals surface area contributed by atoms with Crippen molar-refractivity contribution >= 4 is 17.5 Å². The van der Waals surface area contributed by atoms with Crippen LogP contribution in [0, 0.1) is 6.92 Å². The molecule has 0 aliphatic heterocycles. The Hall–Kier alpha value is -3.48. The third-order valence-corrected chi connectivity index (χ3v) is 3.76. The molecule has 3 aromatic rings. The van der Waals surface area contributed by atoms with Gasteiger partial charge in [-0.3, -0.25) is 9.59 Å². The lowest BCUT2D eigenvalue weighted by Gasteiger charge is -2.15. The Morgan fingerprint density at radius 1 is 1.00 bits per heavy atom. The number of hydrogen-bond acceptors (Lipinski definition) is 4. The van der Waals surface area contributed by atoms with Crippen LogP contribution in [0.1, 0.15) is 16.2 Å². The average molecular weight is 349 g/mol. The summed E-state index contributed by atoms with van der Waals surface area (Å²) in [6.45, 7) is 1.64. The fourth-order valence-corrected chi connectivity index (χ4v) is 2.44. The van der Waals surface area contributed by atoms with E-state index in [1.165, 1.54) is 9.70 Å². The van der Waals surface area contributed by atoms with Gasteiger partial charge in [-0.1, -0.05) is 36.4 Å². The van der Waals surface area contributed by atoms with E-state index in [0.717, 1.165) is 5.69 Å². The standard InChI is InChI=1S/C19H19N5O2/c1-14-18(22-24(21-14)16-11-7-4-8-12-16)19(26)23(2)13-17(25)20-15-9-5-3-6-10-15/h3-12H,13H2,1-2H3,(H,20,25). The molecule has 7 nitrogen and oxygen atoms in total. The highest BCUT2D eigenvalue weighted by Gasteiger charge is 2.21. The molecule has 1 aromatic heterocycles. The predicted molar refractivity (Wildman–Crippen MR) is 98.1 cm³/mol. The molecule has 2 amide bonds. The number of nitrogens with one attached hydrogen (secondary N) is 1. The summed E-state index contributed by atoms with van der Waals surface area (Å²) in [5.41, 5.74) is 2.18. The van der Waals surface area contributed by atoms with Crippen molar-refractivity contribution in [2.24, 2.45) is 0 Å². The molecule has 0 saturated heterocycles. The Labute approximate surface area is 151 Å². The van der Waals surface area contributed by atoms with Crippen molar-refractivity contribution in [3.63, 3.8) is 0 Å². The molecule has 26 heavy (non-hydrogen) atoms. The van der Waals surface area contributed by atoms with E-state index in [2.05, 4.69) is 15.5 Å². The minimum absolute atomic E-state index is 0.0780. The van der Waals surface area contributed by atoms with E-state index in [1.54, 1.807) is 26.1 Å². The molecule has 1 N–H and O–H groups in total. The van der Waals surface area contributed by atoms with Gasteiger partial charge >= 0.3 is 0 Å². The fraction of sp³-hybridized carbons (Fsp3) is 0.158. The Morgan fingerprint density at radius 2 is 1.62 bits per heavy atom. The number of likely N-dealkylation sites (N-methyl/N-ethyl adjacent to an activating group) is 1. The Kier molecular flexibility index (Phi) is 5.07. The van der Waals surface area contributed by atoms with E-state index in [4.69, 9.17) is 0 Å². The SMILES string of the molecule is Cc1nn(-c2ccccc2)nc1C(=O)N(C)CC(=O)Nc1ccccc1. The number of anilines is 1. The number of carbonyl (C=O) groups excluding carboxylic acids is 2. The van der Waals surface area contributed by atoms with Crippen LogP contribution in [0.2, 0.25) is 0 Å². The molecule has 1 heterocycles. The topological polar surface area (TPSA) is 80.1 Å². The van der Waals surface area contributed by atoms with Gasteiger partial charge in [-0.25, -0.2) is 0 Å². The highest BCUT2D eigenvalue weighted by molar-refractivity contribution is 5.98. The van der Waals surface area contributed by atoms with Gasteiger partial charge in [0.05, 0.1) is 17.9 Å². The van der Waals surface area contributed by atoms with Crippen molar-refractivity contribution in [2.75, 3.05) is 18.9 Å². The zero-order chi connectivity index (χ0) is 18.5. The first-order valence-electron chi connectivity index (χ1n) is 8.14. The Morgan fingerprint density at radius 3 is 2.27 bits per heavy atom. The van der Waals surface area contributed by atoms with Crippen LogP contribution in [0.25, 0.3) is 5.69 Å². The monoisotopic (exact) mass is 349 g/mol. The maximum atomic E-state index is 12.6. The number of hydrogen-bond donors (Lipinski definition) is 1. The second-order valence-corrected chi connectivity index (χ2v) is 5.83. The molecule has 7 heteroatoms. The number of amides is 2. The zero-order valence-electron chi connectivity index (χ0n) is 14.6. The quantitative estimate of drug-likeness (QED) is 0.766. The molecule has 132 valence electrons. The number of carbonyl (C=O) groups is 2. The molecule has 0 bridgehead atoms. The van der Waals surface area contributed by atoms with Crippen molar-refractivity contribution in [1.82, 2.24) is 19.9 Å². The summed E-state index contributed by atoms with van der Waals surface area (Å²) in [6.07, 6.45) is 0. The van der Waals surface area contributed by atoms with Gasteiger partial charge in [0, 0.05) is 12.7 Å². The number of aryl methyl sites for hydroxylation is 1. The van der Waals surface area contributed by atoms with Gasteiger partial charge in [-0.15, -0.1) is 5.10 Å². The lowest BCUT2D eigenvalue weighted by Crippen LogP contribution is -2.35.